The Bertz CT molecular complexity index is 1140. The summed E-state index contributed by atoms with van der Waals surface area (Å²) in [6.07, 6.45) is 0.121. The number of phenols is 1. The molecular formula is C27H27N3O4. The normalized spacial score (nSPS) is 14.4. The minimum atomic E-state index is -0.470. The van der Waals surface area contributed by atoms with Crippen molar-refractivity contribution in [3.63, 3.8) is 0 Å². The number of phenolic OH excluding ortho intramolecular Hbond substituents is 1. The number of hydrogen-bond acceptors (Lipinski definition) is 4. The first-order valence-electron chi connectivity index (χ1n) is 11.3. The second kappa shape index (κ2) is 10.7. The van der Waals surface area contributed by atoms with Crippen LogP contribution in [0.3, 0.4) is 0 Å². The van der Waals surface area contributed by atoms with Crippen molar-refractivity contribution in [3.8, 4) is 5.75 Å². The first-order chi connectivity index (χ1) is 16.5. The highest BCUT2D eigenvalue weighted by Gasteiger charge is 2.28. The summed E-state index contributed by atoms with van der Waals surface area (Å²) >= 11 is 0. The zero-order valence-electron chi connectivity index (χ0n) is 18.8. The fourth-order valence-corrected chi connectivity index (χ4v) is 4.06. The molecule has 34 heavy (non-hydrogen) atoms. The molecule has 1 saturated heterocycles. The molecule has 3 aromatic carbocycles. The summed E-state index contributed by atoms with van der Waals surface area (Å²) in [6.45, 7) is 1.55. The van der Waals surface area contributed by atoms with Gasteiger partial charge in [0.2, 0.25) is 5.91 Å². The van der Waals surface area contributed by atoms with Crippen LogP contribution in [0, 0.1) is 0 Å². The predicted octanol–water partition coefficient (Wildman–Crippen LogP) is 3.24. The molecule has 7 nitrogen and oxygen atoms in total. The van der Waals surface area contributed by atoms with E-state index in [4.69, 9.17) is 0 Å². The largest absolute Gasteiger partial charge is 0.507 e. The lowest BCUT2D eigenvalue weighted by molar-refractivity contribution is -0.133. The summed E-state index contributed by atoms with van der Waals surface area (Å²) in [5.74, 6) is -0.620. The number of nitrogens with one attached hydrogen (secondary N) is 1. The van der Waals surface area contributed by atoms with Gasteiger partial charge in [0.05, 0.1) is 18.0 Å². The molecule has 1 aliphatic heterocycles. The van der Waals surface area contributed by atoms with Crippen LogP contribution >= 0.6 is 0 Å². The second-order valence-corrected chi connectivity index (χ2v) is 8.20. The van der Waals surface area contributed by atoms with Crippen LogP contribution in [0.2, 0.25) is 0 Å². The zero-order valence-corrected chi connectivity index (χ0v) is 18.8. The van der Waals surface area contributed by atoms with Crippen LogP contribution in [0.1, 0.15) is 38.7 Å². The van der Waals surface area contributed by atoms with E-state index in [2.05, 4.69) is 5.32 Å². The van der Waals surface area contributed by atoms with E-state index in [0.29, 0.717) is 31.7 Å². The molecule has 1 aliphatic rings. The van der Waals surface area contributed by atoms with E-state index in [9.17, 15) is 19.5 Å². The Morgan fingerprint density at radius 3 is 1.97 bits per heavy atom. The van der Waals surface area contributed by atoms with Gasteiger partial charge in [-0.25, -0.2) is 0 Å². The molecule has 1 heterocycles. The number of amides is 3. The molecule has 0 radical (unpaired) electrons. The number of aromatic hydroxyl groups is 1. The average Bonchev–Trinajstić information content (AvgIpc) is 2.89. The maximum Gasteiger partial charge on any atom is 0.257 e. The van der Waals surface area contributed by atoms with Crippen molar-refractivity contribution < 1.29 is 19.5 Å². The van der Waals surface area contributed by atoms with Gasteiger partial charge in [-0.2, -0.15) is 0 Å². The van der Waals surface area contributed by atoms with Gasteiger partial charge >= 0.3 is 0 Å². The molecule has 3 amide bonds. The molecule has 2 N–H and O–H groups in total. The van der Waals surface area contributed by atoms with Crippen molar-refractivity contribution >= 4 is 17.7 Å². The average molecular weight is 458 g/mol. The molecule has 1 fully saturated rings. The van der Waals surface area contributed by atoms with Gasteiger partial charge in [-0.3, -0.25) is 14.4 Å². The van der Waals surface area contributed by atoms with Gasteiger partial charge in [-0.15, -0.1) is 0 Å². The van der Waals surface area contributed by atoms with Gasteiger partial charge in [0.15, 0.2) is 0 Å². The maximum absolute atomic E-state index is 13.1. The lowest BCUT2D eigenvalue weighted by Gasteiger charge is -2.35. The third-order valence-corrected chi connectivity index (χ3v) is 5.98. The van der Waals surface area contributed by atoms with E-state index >= 15 is 0 Å². The van der Waals surface area contributed by atoms with Gasteiger partial charge in [0.1, 0.15) is 5.75 Å². The quantitative estimate of drug-likeness (QED) is 0.595. The summed E-state index contributed by atoms with van der Waals surface area (Å²) in [6, 6.07) is 24.3. The minimum Gasteiger partial charge on any atom is -0.507 e. The SMILES string of the molecule is O=C(NC(CC(=O)N1CCN(C(=O)c2ccccc2O)CC1)c1ccccc1)c1ccccc1. The van der Waals surface area contributed by atoms with E-state index in [-0.39, 0.29) is 35.5 Å². The summed E-state index contributed by atoms with van der Waals surface area (Å²) in [4.78, 5) is 42.0. The minimum absolute atomic E-state index is 0.0501. The number of benzene rings is 3. The van der Waals surface area contributed by atoms with Gasteiger partial charge in [-0.05, 0) is 29.8 Å². The number of carbonyl (C=O) groups excluding carboxylic acids is 3. The number of carbonyl (C=O) groups is 3. The van der Waals surface area contributed by atoms with Crippen molar-refractivity contribution in [1.29, 1.82) is 0 Å². The van der Waals surface area contributed by atoms with Crippen molar-refractivity contribution in [2.45, 2.75) is 12.5 Å². The third-order valence-electron chi connectivity index (χ3n) is 5.98. The van der Waals surface area contributed by atoms with E-state index < -0.39 is 6.04 Å². The molecule has 1 atom stereocenters. The Hall–Kier alpha value is -4.13. The molecule has 3 aromatic rings. The molecule has 174 valence electrons. The number of hydrogen-bond donors (Lipinski definition) is 2. The van der Waals surface area contributed by atoms with Crippen LogP contribution in [0.15, 0.2) is 84.9 Å². The molecule has 7 heteroatoms. The monoisotopic (exact) mass is 457 g/mol. The van der Waals surface area contributed by atoms with Crippen molar-refractivity contribution in [1.82, 2.24) is 15.1 Å². The molecule has 0 aromatic heterocycles. The maximum atomic E-state index is 13.1. The molecule has 0 bridgehead atoms. The highest BCUT2D eigenvalue weighted by atomic mass is 16.3. The molecule has 4 rings (SSSR count). The lowest BCUT2D eigenvalue weighted by atomic mass is 10.0. The standard InChI is InChI=1S/C27H27N3O4/c31-24-14-8-7-13-22(24)27(34)30-17-15-29(16-18-30)25(32)19-23(20-9-3-1-4-10-20)28-26(33)21-11-5-2-6-12-21/h1-14,23,31H,15-19H2,(H,28,33). The third kappa shape index (κ3) is 5.43. The van der Waals surface area contributed by atoms with Crippen molar-refractivity contribution in [2.24, 2.45) is 0 Å². The van der Waals surface area contributed by atoms with Crippen LogP contribution in [-0.4, -0.2) is 58.8 Å². The number of nitrogens with zero attached hydrogens (tertiary/aromatic N) is 2. The van der Waals surface area contributed by atoms with E-state index in [1.54, 1.807) is 52.3 Å². The van der Waals surface area contributed by atoms with Gasteiger partial charge in [0, 0.05) is 31.7 Å². The Morgan fingerprint density at radius 1 is 0.765 bits per heavy atom. The van der Waals surface area contributed by atoms with E-state index in [1.807, 2.05) is 36.4 Å². The topological polar surface area (TPSA) is 90.0 Å². The van der Waals surface area contributed by atoms with Gasteiger partial charge in [-0.1, -0.05) is 60.7 Å². The van der Waals surface area contributed by atoms with Crippen LogP contribution in [0.4, 0.5) is 0 Å². The lowest BCUT2D eigenvalue weighted by Crippen LogP contribution is -2.51. The van der Waals surface area contributed by atoms with Gasteiger partial charge < -0.3 is 20.2 Å². The molecule has 0 aliphatic carbocycles. The molecule has 0 saturated carbocycles. The molecular weight excluding hydrogens is 430 g/mol. The number of piperazine rings is 1. The smallest absolute Gasteiger partial charge is 0.257 e. The van der Waals surface area contributed by atoms with E-state index in [1.165, 1.54) is 6.07 Å². The Labute approximate surface area is 198 Å². The van der Waals surface area contributed by atoms with Crippen molar-refractivity contribution in [2.75, 3.05) is 26.2 Å². The van der Waals surface area contributed by atoms with E-state index in [0.717, 1.165) is 5.56 Å². The summed E-state index contributed by atoms with van der Waals surface area (Å²) in [5, 5.41) is 13.0. The van der Waals surface area contributed by atoms with Crippen LogP contribution in [-0.2, 0) is 4.79 Å². The zero-order chi connectivity index (χ0) is 23.9. The molecule has 1 unspecified atom stereocenters. The van der Waals surface area contributed by atoms with Gasteiger partial charge in [0.25, 0.3) is 11.8 Å². The highest BCUT2D eigenvalue weighted by molar-refractivity contribution is 5.97. The Balaban J connectivity index is 1.40. The first kappa shape index (κ1) is 23.0. The summed E-state index contributed by atoms with van der Waals surface area (Å²) < 4.78 is 0. The predicted molar refractivity (Wildman–Crippen MR) is 128 cm³/mol. The van der Waals surface area contributed by atoms with Crippen LogP contribution < -0.4 is 5.32 Å². The summed E-state index contributed by atoms with van der Waals surface area (Å²) in [7, 11) is 0. The van der Waals surface area contributed by atoms with Crippen molar-refractivity contribution in [3.05, 3.63) is 102 Å². The first-order valence-corrected chi connectivity index (χ1v) is 11.3. The Morgan fingerprint density at radius 2 is 1.32 bits per heavy atom. The Kier molecular flexibility index (Phi) is 7.22. The second-order valence-electron chi connectivity index (χ2n) is 8.20. The fourth-order valence-electron chi connectivity index (χ4n) is 4.06. The van der Waals surface area contributed by atoms with Crippen LogP contribution in [0.25, 0.3) is 0 Å². The summed E-state index contributed by atoms with van der Waals surface area (Å²) in [5.41, 5.74) is 1.65. The van der Waals surface area contributed by atoms with Crippen LogP contribution in [0.5, 0.6) is 5.75 Å². The highest BCUT2D eigenvalue weighted by Crippen LogP contribution is 2.21. The molecule has 0 spiro atoms. The number of rotatable bonds is 6. The number of para-hydroxylation sites is 1. The fraction of sp³-hybridized carbons (Fsp3) is 0.222.